The molecule has 0 aliphatic heterocycles. The number of esters is 1. The van der Waals surface area contributed by atoms with Crippen LogP contribution < -0.4 is 69.3 Å². The molecular formula is C16H18Na2O6. The van der Waals surface area contributed by atoms with Gasteiger partial charge in [0.25, 0.3) is 0 Å². The van der Waals surface area contributed by atoms with Gasteiger partial charge in [0.05, 0.1) is 24.1 Å². The number of carboxylic acid groups (broad SMARTS) is 2. The second-order valence-electron chi connectivity index (χ2n) is 4.89. The van der Waals surface area contributed by atoms with Crippen molar-refractivity contribution in [3.05, 3.63) is 34.9 Å². The smallest absolute Gasteiger partial charge is 0.545 e. The van der Waals surface area contributed by atoms with Gasteiger partial charge in [-0.3, -0.25) is 0 Å². The van der Waals surface area contributed by atoms with Gasteiger partial charge < -0.3 is 24.5 Å². The van der Waals surface area contributed by atoms with Crippen molar-refractivity contribution in [1.82, 2.24) is 0 Å². The number of hydrogen-bond donors (Lipinski definition) is 0. The van der Waals surface area contributed by atoms with Gasteiger partial charge in [0.15, 0.2) is 0 Å². The molecule has 0 N–H and O–H groups in total. The van der Waals surface area contributed by atoms with E-state index >= 15 is 0 Å². The molecule has 120 valence electrons. The molecule has 6 nitrogen and oxygen atoms in total. The largest absolute Gasteiger partial charge is 1.00 e. The predicted octanol–water partition coefficient (Wildman–Crippen LogP) is -5.45. The van der Waals surface area contributed by atoms with Crippen LogP contribution >= 0.6 is 0 Å². The average molecular weight is 352 g/mol. The Morgan fingerprint density at radius 3 is 2.08 bits per heavy atom. The van der Waals surface area contributed by atoms with Gasteiger partial charge in [0.1, 0.15) is 0 Å². The second kappa shape index (κ2) is 13.9. The van der Waals surface area contributed by atoms with Gasteiger partial charge in [0.2, 0.25) is 0 Å². The Hall–Kier alpha value is -0.370. The van der Waals surface area contributed by atoms with E-state index in [4.69, 9.17) is 4.74 Å². The van der Waals surface area contributed by atoms with E-state index in [2.05, 4.69) is 6.92 Å². The summed E-state index contributed by atoms with van der Waals surface area (Å²) in [7, 11) is 0. The Morgan fingerprint density at radius 1 is 0.917 bits per heavy atom. The van der Waals surface area contributed by atoms with Crippen molar-refractivity contribution in [3.8, 4) is 0 Å². The Bertz CT molecular complexity index is 559. The van der Waals surface area contributed by atoms with Crippen LogP contribution in [0.25, 0.3) is 0 Å². The minimum atomic E-state index is -1.64. The second-order valence-corrected chi connectivity index (χ2v) is 4.89. The molecular weight excluding hydrogens is 334 g/mol. The predicted molar refractivity (Wildman–Crippen MR) is 74.1 cm³/mol. The number of carbonyl (C=O) groups excluding carboxylic acids is 3. The van der Waals surface area contributed by atoms with Crippen molar-refractivity contribution in [1.29, 1.82) is 0 Å². The Morgan fingerprint density at radius 2 is 1.54 bits per heavy atom. The maximum absolute atomic E-state index is 11.9. The van der Waals surface area contributed by atoms with E-state index in [0.29, 0.717) is 6.42 Å². The Labute approximate surface area is 185 Å². The molecule has 1 rings (SSSR count). The summed E-state index contributed by atoms with van der Waals surface area (Å²) in [6, 6.07) is 3.03. The third kappa shape index (κ3) is 8.65. The van der Waals surface area contributed by atoms with Gasteiger partial charge in [0, 0.05) is 5.56 Å². The molecule has 0 radical (unpaired) electrons. The van der Waals surface area contributed by atoms with Crippen molar-refractivity contribution >= 4 is 17.9 Å². The van der Waals surface area contributed by atoms with Crippen LogP contribution in [-0.4, -0.2) is 24.5 Å². The molecule has 0 atom stereocenters. The SMILES string of the molecule is CCCCCCCOC(=O)c1ccc(C(=O)[O-])cc1C(=O)[O-].[Na+].[Na+]. The van der Waals surface area contributed by atoms with Gasteiger partial charge in [-0.05, 0) is 24.1 Å². The molecule has 8 heteroatoms. The van der Waals surface area contributed by atoms with Crippen molar-refractivity contribution in [2.75, 3.05) is 6.61 Å². The van der Waals surface area contributed by atoms with Gasteiger partial charge in [-0.2, -0.15) is 0 Å². The van der Waals surface area contributed by atoms with E-state index in [0.717, 1.165) is 43.9 Å². The Kier molecular flexibility index (Phi) is 14.9. The van der Waals surface area contributed by atoms with Gasteiger partial charge in [-0.25, -0.2) is 4.79 Å². The molecule has 0 aliphatic carbocycles. The van der Waals surface area contributed by atoms with Crippen LogP contribution in [0.15, 0.2) is 18.2 Å². The minimum absolute atomic E-state index is 0. The molecule has 24 heavy (non-hydrogen) atoms. The molecule has 0 spiro atoms. The normalized spacial score (nSPS) is 9.38. The third-order valence-corrected chi connectivity index (χ3v) is 3.18. The fourth-order valence-electron chi connectivity index (χ4n) is 1.97. The van der Waals surface area contributed by atoms with Crippen LogP contribution in [0.2, 0.25) is 0 Å². The quantitative estimate of drug-likeness (QED) is 0.249. The summed E-state index contributed by atoms with van der Waals surface area (Å²) >= 11 is 0. The number of carboxylic acids is 2. The molecule has 0 heterocycles. The fourth-order valence-corrected chi connectivity index (χ4v) is 1.97. The summed E-state index contributed by atoms with van der Waals surface area (Å²) in [5, 5.41) is 21.7. The number of benzene rings is 1. The van der Waals surface area contributed by atoms with E-state index in [1.165, 1.54) is 0 Å². The third-order valence-electron chi connectivity index (χ3n) is 3.18. The van der Waals surface area contributed by atoms with Gasteiger partial charge >= 0.3 is 65.1 Å². The first-order chi connectivity index (χ1) is 10.5. The van der Waals surface area contributed by atoms with Crippen LogP contribution in [0.4, 0.5) is 0 Å². The monoisotopic (exact) mass is 352 g/mol. The minimum Gasteiger partial charge on any atom is -0.545 e. The first-order valence-corrected chi connectivity index (χ1v) is 7.21. The number of hydrogen-bond acceptors (Lipinski definition) is 6. The number of rotatable bonds is 9. The summed E-state index contributed by atoms with van der Waals surface area (Å²) in [5.41, 5.74) is -1.08. The fraction of sp³-hybridized carbons (Fsp3) is 0.438. The van der Waals surface area contributed by atoms with E-state index in [1.54, 1.807) is 0 Å². The van der Waals surface area contributed by atoms with E-state index in [-0.39, 0.29) is 76.8 Å². The van der Waals surface area contributed by atoms with Crippen LogP contribution in [0, 0.1) is 0 Å². The maximum Gasteiger partial charge on any atom is 1.00 e. The zero-order chi connectivity index (χ0) is 16.5. The summed E-state index contributed by atoms with van der Waals surface area (Å²) in [6.07, 6.45) is 4.91. The number of aromatic carboxylic acids is 2. The number of ether oxygens (including phenoxy) is 1. The molecule has 0 fully saturated rings. The average Bonchev–Trinajstić information content (AvgIpc) is 2.49. The molecule has 0 unspecified atom stereocenters. The van der Waals surface area contributed by atoms with Gasteiger partial charge in [-0.15, -0.1) is 0 Å². The van der Waals surface area contributed by atoms with Crippen LogP contribution in [0.5, 0.6) is 0 Å². The van der Waals surface area contributed by atoms with Crippen molar-refractivity contribution in [2.24, 2.45) is 0 Å². The molecule has 0 aromatic heterocycles. The molecule has 0 amide bonds. The summed E-state index contributed by atoms with van der Waals surface area (Å²) in [5.74, 6) is -3.98. The topological polar surface area (TPSA) is 107 Å². The summed E-state index contributed by atoms with van der Waals surface area (Å²) in [4.78, 5) is 33.6. The molecule has 0 aliphatic rings. The molecule has 1 aromatic carbocycles. The van der Waals surface area contributed by atoms with Crippen LogP contribution in [0.1, 0.15) is 70.1 Å². The summed E-state index contributed by atoms with van der Waals surface area (Å²) < 4.78 is 5.01. The van der Waals surface area contributed by atoms with Crippen LogP contribution in [0.3, 0.4) is 0 Å². The molecule has 0 bridgehead atoms. The number of unbranched alkanes of at least 4 members (excludes halogenated alkanes) is 4. The van der Waals surface area contributed by atoms with Crippen molar-refractivity contribution < 1.29 is 88.4 Å². The van der Waals surface area contributed by atoms with Crippen molar-refractivity contribution in [2.45, 2.75) is 39.0 Å². The maximum atomic E-state index is 11.9. The number of carbonyl (C=O) groups is 3. The van der Waals surface area contributed by atoms with Crippen LogP contribution in [-0.2, 0) is 4.74 Å². The van der Waals surface area contributed by atoms with E-state index in [1.807, 2.05) is 0 Å². The summed E-state index contributed by atoms with van der Waals surface area (Å²) in [6.45, 7) is 2.29. The zero-order valence-electron chi connectivity index (χ0n) is 14.4. The zero-order valence-corrected chi connectivity index (χ0v) is 18.4. The van der Waals surface area contributed by atoms with Crippen molar-refractivity contribution in [3.63, 3.8) is 0 Å². The first kappa shape index (κ1) is 25.9. The Balaban J connectivity index is 0. The molecule has 0 saturated carbocycles. The van der Waals surface area contributed by atoms with E-state index < -0.39 is 23.5 Å². The standard InChI is InChI=1S/C16H20O6.2Na/c1-2-3-4-5-6-9-22-16(21)12-8-7-11(14(17)18)10-13(12)15(19)20;;/h7-8,10H,2-6,9H2,1H3,(H,17,18)(H,19,20);;/q;2*+1/p-2. The first-order valence-electron chi connectivity index (χ1n) is 7.21. The van der Waals surface area contributed by atoms with E-state index in [9.17, 15) is 24.6 Å². The van der Waals surface area contributed by atoms with Gasteiger partial charge in [-0.1, -0.05) is 38.7 Å². The molecule has 0 saturated heterocycles. The molecule has 1 aromatic rings.